The van der Waals surface area contributed by atoms with Crippen molar-refractivity contribution in [1.82, 2.24) is 5.32 Å². The van der Waals surface area contributed by atoms with Crippen molar-refractivity contribution in [3.05, 3.63) is 59.7 Å². The van der Waals surface area contributed by atoms with Crippen molar-refractivity contribution in [3.63, 3.8) is 0 Å². The van der Waals surface area contributed by atoms with Gasteiger partial charge in [0.15, 0.2) is 6.10 Å². The van der Waals surface area contributed by atoms with E-state index in [1.807, 2.05) is 50.2 Å². The number of sulfonamides is 1. The lowest BCUT2D eigenvalue weighted by atomic mass is 10.0. The second kappa shape index (κ2) is 7.60. The van der Waals surface area contributed by atoms with Gasteiger partial charge in [-0.1, -0.05) is 43.3 Å². The van der Waals surface area contributed by atoms with Crippen LogP contribution in [0.5, 0.6) is 5.75 Å². The van der Waals surface area contributed by atoms with Gasteiger partial charge in [0.1, 0.15) is 5.75 Å². The van der Waals surface area contributed by atoms with E-state index in [9.17, 15) is 13.2 Å². The van der Waals surface area contributed by atoms with Crippen LogP contribution < -0.4 is 14.4 Å². The average Bonchev–Trinajstić information content (AvgIpc) is 2.64. The summed E-state index contributed by atoms with van der Waals surface area (Å²) in [7, 11) is -3.52. The normalized spacial score (nSPS) is 17.6. The molecular weight excluding hydrogens is 364 g/mol. The van der Waals surface area contributed by atoms with Crippen molar-refractivity contribution in [3.8, 4) is 5.75 Å². The number of hydrogen-bond acceptors (Lipinski definition) is 4. The van der Waals surface area contributed by atoms with E-state index in [1.165, 1.54) is 4.31 Å². The zero-order chi connectivity index (χ0) is 19.6. The standard InChI is InChI=1S/C20H24N2O4S/c1-14-9-10-17-18(11-14)26-19(13-22(17)27(3,24)25)20(23)21-12-15(2)16-7-5-4-6-8-16/h4-11,15,19H,12-13H2,1-3H3,(H,21,23)/t15-,19+/m0/s1. The molecule has 1 amide bonds. The van der Waals surface area contributed by atoms with Crippen LogP contribution in [0, 0.1) is 6.92 Å². The largest absolute Gasteiger partial charge is 0.476 e. The minimum Gasteiger partial charge on any atom is -0.476 e. The van der Waals surface area contributed by atoms with Gasteiger partial charge in [-0.05, 0) is 36.1 Å². The zero-order valence-corrected chi connectivity index (χ0v) is 16.5. The van der Waals surface area contributed by atoms with Gasteiger partial charge in [0, 0.05) is 6.54 Å². The molecule has 0 saturated heterocycles. The highest BCUT2D eigenvalue weighted by molar-refractivity contribution is 7.92. The maximum Gasteiger partial charge on any atom is 0.263 e. The first-order valence-electron chi connectivity index (χ1n) is 8.83. The third-order valence-corrected chi connectivity index (χ3v) is 5.78. The fourth-order valence-corrected chi connectivity index (χ4v) is 3.99. The van der Waals surface area contributed by atoms with Crippen molar-refractivity contribution in [2.24, 2.45) is 0 Å². The van der Waals surface area contributed by atoms with Gasteiger partial charge in [-0.2, -0.15) is 0 Å². The van der Waals surface area contributed by atoms with E-state index >= 15 is 0 Å². The molecule has 0 unspecified atom stereocenters. The summed E-state index contributed by atoms with van der Waals surface area (Å²) in [6, 6.07) is 15.2. The van der Waals surface area contributed by atoms with Crippen LogP contribution in [0.25, 0.3) is 0 Å². The molecule has 2 atom stereocenters. The Labute approximate surface area is 160 Å². The molecule has 1 aliphatic rings. The van der Waals surface area contributed by atoms with Crippen molar-refractivity contribution < 1.29 is 17.9 Å². The quantitative estimate of drug-likeness (QED) is 0.854. The number of ether oxygens (including phenoxy) is 1. The molecule has 1 aliphatic heterocycles. The molecule has 1 heterocycles. The number of rotatable bonds is 5. The Kier molecular flexibility index (Phi) is 5.41. The summed E-state index contributed by atoms with van der Waals surface area (Å²) in [6.45, 7) is 4.32. The Bertz CT molecular complexity index is 928. The first-order valence-corrected chi connectivity index (χ1v) is 10.7. The minimum absolute atomic E-state index is 0.0412. The molecule has 6 nitrogen and oxygen atoms in total. The van der Waals surface area contributed by atoms with Gasteiger partial charge in [0.05, 0.1) is 18.5 Å². The van der Waals surface area contributed by atoms with Crippen LogP contribution in [0.15, 0.2) is 48.5 Å². The number of hydrogen-bond donors (Lipinski definition) is 1. The molecule has 1 N–H and O–H groups in total. The maximum absolute atomic E-state index is 12.6. The van der Waals surface area contributed by atoms with Gasteiger partial charge < -0.3 is 10.1 Å². The van der Waals surface area contributed by atoms with Gasteiger partial charge in [-0.25, -0.2) is 8.42 Å². The molecule has 0 radical (unpaired) electrons. The lowest BCUT2D eigenvalue weighted by molar-refractivity contribution is -0.127. The Morgan fingerprint density at radius 3 is 2.63 bits per heavy atom. The number of fused-ring (bicyclic) bond motifs is 1. The van der Waals surface area contributed by atoms with Crippen LogP contribution in [0.3, 0.4) is 0 Å². The highest BCUT2D eigenvalue weighted by Crippen LogP contribution is 2.35. The second-order valence-corrected chi connectivity index (χ2v) is 8.84. The van der Waals surface area contributed by atoms with Crippen LogP contribution in [0.4, 0.5) is 5.69 Å². The van der Waals surface area contributed by atoms with E-state index in [0.717, 1.165) is 17.4 Å². The first-order chi connectivity index (χ1) is 12.8. The van der Waals surface area contributed by atoms with Crippen molar-refractivity contribution in [2.75, 3.05) is 23.7 Å². The molecule has 2 aromatic carbocycles. The predicted molar refractivity (Wildman–Crippen MR) is 106 cm³/mol. The van der Waals surface area contributed by atoms with Crippen molar-refractivity contribution >= 4 is 21.6 Å². The number of carbonyl (C=O) groups excluding carboxylic acids is 1. The van der Waals surface area contributed by atoms with Crippen LogP contribution in [-0.4, -0.2) is 39.8 Å². The summed E-state index contributed by atoms with van der Waals surface area (Å²) in [5.74, 6) is 0.223. The number of anilines is 1. The molecule has 0 aliphatic carbocycles. The summed E-state index contributed by atoms with van der Waals surface area (Å²) < 4.78 is 31.4. The second-order valence-electron chi connectivity index (χ2n) is 6.93. The van der Waals surface area contributed by atoms with Gasteiger partial charge in [-0.3, -0.25) is 9.10 Å². The molecule has 0 fully saturated rings. The van der Waals surface area contributed by atoms with Crippen LogP contribution in [-0.2, 0) is 14.8 Å². The molecular formula is C20H24N2O4S. The number of nitrogens with zero attached hydrogens (tertiary/aromatic N) is 1. The average molecular weight is 388 g/mol. The SMILES string of the molecule is Cc1ccc2c(c1)O[C@@H](C(=O)NC[C@H](C)c1ccccc1)CN2S(C)(=O)=O. The highest BCUT2D eigenvalue weighted by Gasteiger charge is 2.35. The molecule has 27 heavy (non-hydrogen) atoms. The summed E-state index contributed by atoms with van der Waals surface area (Å²) in [4.78, 5) is 12.6. The topological polar surface area (TPSA) is 75.7 Å². The van der Waals surface area contributed by atoms with Crippen LogP contribution in [0.1, 0.15) is 24.0 Å². The Hall–Kier alpha value is -2.54. The summed E-state index contributed by atoms with van der Waals surface area (Å²) >= 11 is 0. The number of nitrogens with one attached hydrogen (secondary N) is 1. The van der Waals surface area contributed by atoms with E-state index < -0.39 is 16.1 Å². The summed E-state index contributed by atoms with van der Waals surface area (Å²) in [5, 5.41) is 2.88. The molecule has 0 saturated carbocycles. The molecule has 0 spiro atoms. The van der Waals surface area contributed by atoms with Crippen molar-refractivity contribution in [2.45, 2.75) is 25.9 Å². The molecule has 0 bridgehead atoms. The molecule has 7 heteroatoms. The maximum atomic E-state index is 12.6. The van der Waals surface area contributed by atoms with Gasteiger partial charge in [0.25, 0.3) is 5.91 Å². The Morgan fingerprint density at radius 1 is 1.26 bits per heavy atom. The smallest absolute Gasteiger partial charge is 0.263 e. The van der Waals surface area contributed by atoms with E-state index in [-0.39, 0.29) is 18.4 Å². The number of carbonyl (C=O) groups is 1. The lowest BCUT2D eigenvalue weighted by Gasteiger charge is -2.34. The molecule has 3 rings (SSSR count). The highest BCUT2D eigenvalue weighted by atomic mass is 32.2. The number of aryl methyl sites for hydroxylation is 1. The van der Waals surface area contributed by atoms with Gasteiger partial charge in [0.2, 0.25) is 10.0 Å². The third kappa shape index (κ3) is 4.42. The van der Waals surface area contributed by atoms with E-state index in [2.05, 4.69) is 5.32 Å². The van der Waals surface area contributed by atoms with E-state index in [0.29, 0.717) is 18.0 Å². The van der Waals surface area contributed by atoms with E-state index in [4.69, 9.17) is 4.74 Å². The fraction of sp³-hybridized carbons (Fsp3) is 0.350. The fourth-order valence-electron chi connectivity index (χ4n) is 3.08. The van der Waals surface area contributed by atoms with Crippen molar-refractivity contribution in [1.29, 1.82) is 0 Å². The van der Waals surface area contributed by atoms with Crippen LogP contribution >= 0.6 is 0 Å². The van der Waals surface area contributed by atoms with Gasteiger partial charge in [-0.15, -0.1) is 0 Å². The summed E-state index contributed by atoms with van der Waals surface area (Å²) in [6.07, 6.45) is 0.242. The predicted octanol–water partition coefficient (Wildman–Crippen LogP) is 2.44. The third-order valence-electron chi connectivity index (χ3n) is 4.63. The van der Waals surface area contributed by atoms with Gasteiger partial charge >= 0.3 is 0 Å². The minimum atomic E-state index is -3.52. The Morgan fingerprint density at radius 2 is 1.96 bits per heavy atom. The van der Waals surface area contributed by atoms with E-state index in [1.54, 1.807) is 12.1 Å². The van der Waals surface area contributed by atoms with Crippen LogP contribution in [0.2, 0.25) is 0 Å². The molecule has 2 aromatic rings. The molecule has 0 aromatic heterocycles. The summed E-state index contributed by atoms with van der Waals surface area (Å²) in [5.41, 5.74) is 2.52. The number of amides is 1. The molecule has 144 valence electrons. The monoisotopic (exact) mass is 388 g/mol. The first kappa shape index (κ1) is 19.2. The zero-order valence-electron chi connectivity index (χ0n) is 15.7. The lowest BCUT2D eigenvalue weighted by Crippen LogP contribution is -2.50. The Balaban J connectivity index is 1.74. The number of benzene rings is 2.